The molecule has 1 heterocycles. The number of benzene rings is 2. The molecule has 0 spiro atoms. The Morgan fingerprint density at radius 2 is 1.19 bits per heavy atom. The summed E-state index contributed by atoms with van der Waals surface area (Å²) in [6, 6.07) is 7.46. The average Bonchev–Trinajstić information content (AvgIpc) is 2.71. The molecule has 2 atom stereocenters. The fourth-order valence-electron chi connectivity index (χ4n) is 3.61. The lowest BCUT2D eigenvalue weighted by molar-refractivity contribution is 0.153. The zero-order valence-electron chi connectivity index (χ0n) is 16.6. The van der Waals surface area contributed by atoms with E-state index < -0.39 is 0 Å². The van der Waals surface area contributed by atoms with Crippen molar-refractivity contribution in [1.29, 1.82) is 0 Å². The van der Waals surface area contributed by atoms with Gasteiger partial charge in [-0.3, -0.25) is 0 Å². The number of methoxy groups -OCH3 is 5. The highest BCUT2D eigenvalue weighted by Crippen LogP contribution is 2.51. The van der Waals surface area contributed by atoms with E-state index in [2.05, 4.69) is 6.92 Å². The van der Waals surface area contributed by atoms with E-state index >= 15 is 0 Å². The number of hydrogen-bond acceptors (Lipinski definition) is 6. The maximum absolute atomic E-state index is 6.37. The zero-order chi connectivity index (χ0) is 19.6. The minimum atomic E-state index is -0.236. The van der Waals surface area contributed by atoms with Crippen molar-refractivity contribution in [1.82, 2.24) is 0 Å². The van der Waals surface area contributed by atoms with Crippen LogP contribution >= 0.6 is 0 Å². The molecule has 0 saturated heterocycles. The van der Waals surface area contributed by atoms with Gasteiger partial charge in [0.2, 0.25) is 0 Å². The topological polar surface area (TPSA) is 55.4 Å². The molecule has 0 aromatic heterocycles. The van der Waals surface area contributed by atoms with Crippen molar-refractivity contribution in [2.24, 2.45) is 0 Å². The van der Waals surface area contributed by atoms with Crippen LogP contribution in [0, 0.1) is 0 Å². The summed E-state index contributed by atoms with van der Waals surface area (Å²) in [5.41, 5.74) is 1.90. The Balaban J connectivity index is 2.09. The Morgan fingerprint density at radius 3 is 1.67 bits per heavy atom. The van der Waals surface area contributed by atoms with E-state index in [9.17, 15) is 0 Å². The van der Waals surface area contributed by atoms with Crippen molar-refractivity contribution in [3.05, 3.63) is 35.4 Å². The van der Waals surface area contributed by atoms with Gasteiger partial charge in [-0.05, 0) is 12.3 Å². The molecule has 0 amide bonds. The molecule has 1 aliphatic heterocycles. The highest BCUT2D eigenvalue weighted by atomic mass is 16.5. The van der Waals surface area contributed by atoms with E-state index in [0.29, 0.717) is 23.0 Å². The maximum Gasteiger partial charge on any atom is 0.133 e. The quantitative estimate of drug-likeness (QED) is 0.749. The molecule has 1 aliphatic rings. The summed E-state index contributed by atoms with van der Waals surface area (Å²) in [6.07, 6.45) is 0.523. The first-order valence-electron chi connectivity index (χ1n) is 8.78. The summed E-state index contributed by atoms with van der Waals surface area (Å²) in [5, 5.41) is 0. The van der Waals surface area contributed by atoms with Crippen LogP contribution in [0.3, 0.4) is 0 Å². The summed E-state index contributed by atoms with van der Waals surface area (Å²) in [6.45, 7) is 2.16. The van der Waals surface area contributed by atoms with Gasteiger partial charge in [0.1, 0.15) is 40.6 Å². The van der Waals surface area contributed by atoms with Crippen molar-refractivity contribution < 1.29 is 28.4 Å². The minimum absolute atomic E-state index is 0.219. The average molecular weight is 374 g/mol. The lowest BCUT2D eigenvalue weighted by Gasteiger charge is -2.33. The molecule has 3 rings (SSSR count). The van der Waals surface area contributed by atoms with Gasteiger partial charge in [0.15, 0.2) is 0 Å². The molecule has 146 valence electrons. The van der Waals surface area contributed by atoms with E-state index in [0.717, 1.165) is 29.0 Å². The number of fused-ring (bicyclic) bond motifs is 1. The first kappa shape index (κ1) is 19.0. The zero-order valence-corrected chi connectivity index (χ0v) is 16.6. The van der Waals surface area contributed by atoms with Crippen LogP contribution in [-0.2, 0) is 0 Å². The van der Waals surface area contributed by atoms with Gasteiger partial charge in [-0.1, -0.05) is 6.92 Å². The molecule has 27 heavy (non-hydrogen) atoms. The van der Waals surface area contributed by atoms with E-state index in [4.69, 9.17) is 28.4 Å². The number of rotatable bonds is 6. The van der Waals surface area contributed by atoms with E-state index in [1.807, 2.05) is 24.3 Å². The standard InChI is InChI=1S/C21H26O6/c1-12-7-18(21-16(25-5)9-13(22-2)10-17(21)26-6)27-19-11-14(23-3)8-15(24-4)20(12)19/h8-12,18H,7H2,1-6H3/t12-,18+/m0/s1. The smallest absolute Gasteiger partial charge is 0.133 e. The minimum Gasteiger partial charge on any atom is -0.496 e. The van der Waals surface area contributed by atoms with Gasteiger partial charge in [0.05, 0.1) is 41.1 Å². The van der Waals surface area contributed by atoms with Crippen molar-refractivity contribution in [2.75, 3.05) is 35.5 Å². The Bertz CT molecular complexity index is 792. The number of hydrogen-bond donors (Lipinski definition) is 0. The van der Waals surface area contributed by atoms with Gasteiger partial charge in [-0.15, -0.1) is 0 Å². The number of ether oxygens (including phenoxy) is 6. The van der Waals surface area contributed by atoms with Crippen molar-refractivity contribution in [2.45, 2.75) is 25.4 Å². The fourth-order valence-corrected chi connectivity index (χ4v) is 3.61. The molecule has 0 unspecified atom stereocenters. The summed E-state index contributed by atoms with van der Waals surface area (Å²) >= 11 is 0. The molecule has 0 radical (unpaired) electrons. The molecule has 6 heteroatoms. The normalized spacial score (nSPS) is 18.1. The van der Waals surface area contributed by atoms with Crippen LogP contribution in [0.2, 0.25) is 0 Å². The molecule has 2 aromatic rings. The maximum atomic E-state index is 6.37. The molecule has 0 fully saturated rings. The Labute approximate surface area is 159 Å². The molecule has 2 aromatic carbocycles. The SMILES string of the molecule is COc1cc(OC)c2c(c1)O[C@@H](c1c(OC)cc(OC)cc1OC)C[C@@H]2C. The lowest BCUT2D eigenvalue weighted by atomic mass is 9.87. The van der Waals surface area contributed by atoms with Crippen molar-refractivity contribution in [3.63, 3.8) is 0 Å². The van der Waals surface area contributed by atoms with Gasteiger partial charge >= 0.3 is 0 Å². The van der Waals surface area contributed by atoms with Crippen LogP contribution in [0.15, 0.2) is 24.3 Å². The second-order valence-corrected chi connectivity index (χ2v) is 6.43. The van der Waals surface area contributed by atoms with Gasteiger partial charge in [-0.25, -0.2) is 0 Å². The van der Waals surface area contributed by atoms with Crippen molar-refractivity contribution in [3.8, 4) is 34.5 Å². The highest BCUT2D eigenvalue weighted by Gasteiger charge is 2.34. The van der Waals surface area contributed by atoms with Gasteiger partial charge in [0, 0.05) is 29.8 Å². The highest BCUT2D eigenvalue weighted by molar-refractivity contribution is 5.56. The first-order valence-corrected chi connectivity index (χ1v) is 8.78. The van der Waals surface area contributed by atoms with Gasteiger partial charge in [0.25, 0.3) is 0 Å². The van der Waals surface area contributed by atoms with E-state index in [1.165, 1.54) is 0 Å². The van der Waals surface area contributed by atoms with Crippen LogP contribution in [0.4, 0.5) is 0 Å². The largest absolute Gasteiger partial charge is 0.496 e. The monoisotopic (exact) mass is 374 g/mol. The van der Waals surface area contributed by atoms with Crippen LogP contribution in [0.1, 0.15) is 36.5 Å². The van der Waals surface area contributed by atoms with Crippen LogP contribution < -0.4 is 28.4 Å². The predicted octanol–water partition coefficient (Wildman–Crippen LogP) is 4.36. The molecule has 0 N–H and O–H groups in total. The van der Waals surface area contributed by atoms with Crippen LogP contribution in [0.25, 0.3) is 0 Å². The third-order valence-corrected chi connectivity index (χ3v) is 4.94. The lowest BCUT2D eigenvalue weighted by Crippen LogP contribution is -2.20. The second-order valence-electron chi connectivity index (χ2n) is 6.43. The van der Waals surface area contributed by atoms with Crippen molar-refractivity contribution >= 4 is 0 Å². The first-order chi connectivity index (χ1) is 13.1. The molecule has 0 saturated carbocycles. The third-order valence-electron chi connectivity index (χ3n) is 4.94. The summed E-state index contributed by atoms with van der Waals surface area (Å²) in [7, 11) is 8.15. The molecular weight excluding hydrogens is 348 g/mol. The second kappa shape index (κ2) is 7.86. The predicted molar refractivity (Wildman–Crippen MR) is 102 cm³/mol. The van der Waals surface area contributed by atoms with E-state index in [-0.39, 0.29) is 12.0 Å². The summed E-state index contributed by atoms with van der Waals surface area (Å²) in [4.78, 5) is 0. The Morgan fingerprint density at radius 1 is 0.704 bits per heavy atom. The Kier molecular flexibility index (Phi) is 5.54. The fraction of sp³-hybridized carbons (Fsp3) is 0.429. The molecule has 0 bridgehead atoms. The Hall–Kier alpha value is -2.76. The van der Waals surface area contributed by atoms with Gasteiger partial charge < -0.3 is 28.4 Å². The summed E-state index contributed by atoms with van der Waals surface area (Å²) in [5.74, 6) is 4.42. The molecule has 6 nitrogen and oxygen atoms in total. The van der Waals surface area contributed by atoms with Crippen LogP contribution in [-0.4, -0.2) is 35.5 Å². The molecule has 0 aliphatic carbocycles. The van der Waals surface area contributed by atoms with Gasteiger partial charge in [-0.2, -0.15) is 0 Å². The van der Waals surface area contributed by atoms with E-state index in [1.54, 1.807) is 35.5 Å². The van der Waals surface area contributed by atoms with Crippen LogP contribution in [0.5, 0.6) is 34.5 Å². The summed E-state index contributed by atoms with van der Waals surface area (Å²) < 4.78 is 33.9. The molecular formula is C21H26O6. The third kappa shape index (κ3) is 3.44.